The minimum Gasteiger partial charge on any atom is -0.212 e. The van der Waals surface area contributed by atoms with E-state index in [0.717, 1.165) is 12.8 Å². The van der Waals surface area contributed by atoms with E-state index in [9.17, 15) is 8.42 Å². The second kappa shape index (κ2) is 3.80. The van der Waals surface area contributed by atoms with Crippen LogP contribution < -0.4 is 0 Å². The van der Waals surface area contributed by atoms with Crippen LogP contribution in [0.5, 0.6) is 0 Å². The molecular weight excluding hydrogens is 186 g/mol. The summed E-state index contributed by atoms with van der Waals surface area (Å²) < 4.78 is 24.0. The Labute approximate surface area is 80.5 Å². The van der Waals surface area contributed by atoms with Crippen LogP contribution in [0.2, 0.25) is 0 Å². The number of hydrogen-bond donors (Lipinski definition) is 0. The van der Waals surface area contributed by atoms with Crippen LogP contribution in [0.1, 0.15) is 26.7 Å². The van der Waals surface area contributed by atoms with Crippen LogP contribution in [-0.2, 0) is 10.0 Å². The zero-order chi connectivity index (χ0) is 10.1. The molecule has 0 atom stereocenters. The maximum Gasteiger partial charge on any atom is 0.211 e. The van der Waals surface area contributed by atoms with Crippen LogP contribution in [0.15, 0.2) is 11.1 Å². The van der Waals surface area contributed by atoms with E-state index in [1.165, 1.54) is 17.4 Å². The Hall–Kier alpha value is -0.350. The number of hydrogen-bond acceptors (Lipinski definition) is 2. The van der Waals surface area contributed by atoms with Gasteiger partial charge in [-0.3, -0.25) is 0 Å². The van der Waals surface area contributed by atoms with E-state index in [-0.39, 0.29) is 0 Å². The zero-order valence-electron chi connectivity index (χ0n) is 8.50. The molecule has 4 heteroatoms. The Bertz CT molecular complexity index is 317. The Morgan fingerprint density at radius 2 is 2.08 bits per heavy atom. The molecule has 0 saturated carbocycles. The lowest BCUT2D eigenvalue weighted by atomic mass is 10.0. The summed E-state index contributed by atoms with van der Waals surface area (Å²) in [4.78, 5) is 0. The summed E-state index contributed by atoms with van der Waals surface area (Å²) in [5.41, 5.74) is 2.64. The Morgan fingerprint density at radius 3 is 2.46 bits per heavy atom. The van der Waals surface area contributed by atoms with E-state index in [0.29, 0.717) is 13.1 Å². The summed E-state index contributed by atoms with van der Waals surface area (Å²) in [7, 11) is -2.99. The topological polar surface area (TPSA) is 37.4 Å². The fraction of sp³-hybridized carbons (Fsp3) is 0.778. The molecule has 1 heterocycles. The van der Waals surface area contributed by atoms with E-state index < -0.39 is 10.0 Å². The molecule has 0 fully saturated rings. The molecule has 3 nitrogen and oxygen atoms in total. The van der Waals surface area contributed by atoms with Crippen molar-refractivity contribution in [2.45, 2.75) is 26.7 Å². The summed E-state index contributed by atoms with van der Waals surface area (Å²) in [5.74, 6) is 0. The monoisotopic (exact) mass is 203 g/mol. The minimum absolute atomic E-state index is 0.585. The normalized spacial score (nSPS) is 20.8. The fourth-order valence-corrected chi connectivity index (χ4v) is 2.54. The van der Waals surface area contributed by atoms with Crippen LogP contribution in [0.4, 0.5) is 0 Å². The third kappa shape index (κ3) is 2.54. The lowest BCUT2D eigenvalue weighted by Gasteiger charge is -2.27. The average molecular weight is 203 g/mol. The van der Waals surface area contributed by atoms with Gasteiger partial charge in [0.2, 0.25) is 10.0 Å². The van der Waals surface area contributed by atoms with Crippen LogP contribution >= 0.6 is 0 Å². The van der Waals surface area contributed by atoms with Crippen molar-refractivity contribution >= 4 is 10.0 Å². The molecule has 1 aliphatic heterocycles. The highest BCUT2D eigenvalue weighted by atomic mass is 32.2. The predicted molar refractivity (Wildman–Crippen MR) is 54.0 cm³/mol. The molecule has 1 rings (SSSR count). The van der Waals surface area contributed by atoms with Gasteiger partial charge < -0.3 is 0 Å². The van der Waals surface area contributed by atoms with Crippen molar-refractivity contribution in [3.05, 3.63) is 11.1 Å². The molecule has 0 unspecified atom stereocenters. The van der Waals surface area contributed by atoms with Gasteiger partial charge in [0.15, 0.2) is 0 Å². The number of sulfonamides is 1. The van der Waals surface area contributed by atoms with Gasteiger partial charge in [-0.1, -0.05) is 18.1 Å². The molecule has 13 heavy (non-hydrogen) atoms. The maximum atomic E-state index is 11.2. The second-order valence-corrected chi connectivity index (χ2v) is 5.57. The molecule has 0 saturated heterocycles. The third-order valence-electron chi connectivity index (χ3n) is 2.58. The molecule has 0 aromatic heterocycles. The van der Waals surface area contributed by atoms with Gasteiger partial charge in [-0.25, -0.2) is 8.42 Å². The molecule has 0 N–H and O–H groups in total. The van der Waals surface area contributed by atoms with Gasteiger partial charge in [0.25, 0.3) is 0 Å². The standard InChI is InChI=1S/C9H17NO2S/c1-4-9-5-6-10(7-8(9)2)13(3,11)12/h4-7H2,1-3H3. The van der Waals surface area contributed by atoms with Crippen molar-refractivity contribution in [1.29, 1.82) is 0 Å². The van der Waals surface area contributed by atoms with Crippen molar-refractivity contribution in [3.8, 4) is 0 Å². The van der Waals surface area contributed by atoms with Crippen molar-refractivity contribution in [2.75, 3.05) is 19.3 Å². The molecule has 76 valence electrons. The SMILES string of the molecule is CCC1=C(C)CN(S(C)(=O)=O)CC1. The van der Waals surface area contributed by atoms with Gasteiger partial charge in [-0.2, -0.15) is 4.31 Å². The Morgan fingerprint density at radius 1 is 1.46 bits per heavy atom. The predicted octanol–water partition coefficient (Wildman–Crippen LogP) is 1.38. The second-order valence-electron chi connectivity index (χ2n) is 3.58. The quantitative estimate of drug-likeness (QED) is 0.636. The first-order chi connectivity index (χ1) is 5.95. The van der Waals surface area contributed by atoms with Crippen molar-refractivity contribution < 1.29 is 8.42 Å². The summed E-state index contributed by atoms with van der Waals surface area (Å²) in [6.45, 7) is 5.38. The van der Waals surface area contributed by atoms with Gasteiger partial charge in [-0.15, -0.1) is 0 Å². The Kier molecular flexibility index (Phi) is 3.14. The zero-order valence-corrected chi connectivity index (χ0v) is 9.32. The summed E-state index contributed by atoms with van der Waals surface area (Å²) in [5, 5.41) is 0. The molecule has 0 aromatic carbocycles. The highest BCUT2D eigenvalue weighted by Gasteiger charge is 2.21. The molecule has 1 aliphatic rings. The summed E-state index contributed by atoms with van der Waals surface area (Å²) in [6.07, 6.45) is 3.22. The van der Waals surface area contributed by atoms with E-state index in [1.54, 1.807) is 4.31 Å². The van der Waals surface area contributed by atoms with E-state index in [1.807, 2.05) is 6.92 Å². The van der Waals surface area contributed by atoms with Crippen LogP contribution in [0.3, 0.4) is 0 Å². The smallest absolute Gasteiger partial charge is 0.211 e. The van der Waals surface area contributed by atoms with Gasteiger partial charge in [0.1, 0.15) is 0 Å². The number of nitrogens with zero attached hydrogens (tertiary/aromatic N) is 1. The van der Waals surface area contributed by atoms with Gasteiger partial charge in [0, 0.05) is 13.1 Å². The highest BCUT2D eigenvalue weighted by molar-refractivity contribution is 7.88. The van der Waals surface area contributed by atoms with Crippen molar-refractivity contribution in [1.82, 2.24) is 4.31 Å². The molecule has 0 aromatic rings. The molecule has 0 spiro atoms. The molecular formula is C9H17NO2S. The average Bonchev–Trinajstić information content (AvgIpc) is 2.02. The lowest BCUT2D eigenvalue weighted by molar-refractivity contribution is 0.422. The first kappa shape index (κ1) is 10.7. The van der Waals surface area contributed by atoms with Crippen LogP contribution in [0.25, 0.3) is 0 Å². The van der Waals surface area contributed by atoms with Crippen molar-refractivity contribution in [3.63, 3.8) is 0 Å². The van der Waals surface area contributed by atoms with E-state index in [2.05, 4.69) is 6.92 Å². The van der Waals surface area contributed by atoms with E-state index >= 15 is 0 Å². The largest absolute Gasteiger partial charge is 0.212 e. The van der Waals surface area contributed by atoms with Gasteiger partial charge in [-0.05, 0) is 19.8 Å². The Balaban J connectivity index is 2.80. The summed E-state index contributed by atoms with van der Waals surface area (Å²) >= 11 is 0. The number of rotatable bonds is 2. The first-order valence-corrected chi connectivity index (χ1v) is 6.42. The molecule has 0 amide bonds. The third-order valence-corrected chi connectivity index (χ3v) is 3.83. The minimum atomic E-state index is -2.99. The van der Waals surface area contributed by atoms with Crippen molar-refractivity contribution in [2.24, 2.45) is 0 Å². The van der Waals surface area contributed by atoms with Crippen LogP contribution in [0, 0.1) is 0 Å². The molecule has 0 radical (unpaired) electrons. The van der Waals surface area contributed by atoms with Gasteiger partial charge >= 0.3 is 0 Å². The van der Waals surface area contributed by atoms with Crippen LogP contribution in [-0.4, -0.2) is 32.1 Å². The maximum absolute atomic E-state index is 11.2. The molecule has 0 aliphatic carbocycles. The summed E-state index contributed by atoms with van der Waals surface area (Å²) in [6, 6.07) is 0. The van der Waals surface area contributed by atoms with E-state index in [4.69, 9.17) is 0 Å². The first-order valence-electron chi connectivity index (χ1n) is 4.57. The molecule has 0 bridgehead atoms. The highest BCUT2D eigenvalue weighted by Crippen LogP contribution is 2.21. The lowest BCUT2D eigenvalue weighted by Crippen LogP contribution is -2.35. The van der Waals surface area contributed by atoms with Gasteiger partial charge in [0.05, 0.1) is 6.26 Å². The fourth-order valence-electron chi connectivity index (χ4n) is 1.69.